The normalized spacial score (nSPS) is 16.6. The van der Waals surface area contributed by atoms with Crippen LogP contribution in [0.2, 0.25) is 0 Å². The van der Waals surface area contributed by atoms with Gasteiger partial charge in [-0.15, -0.1) is 10.2 Å². The molecular weight excluding hydrogens is 656 g/mol. The number of hydrogen-bond donors (Lipinski definition) is 5. The lowest BCUT2D eigenvalue weighted by molar-refractivity contribution is -0.130. The maximum atomic E-state index is 13.7. The Bertz CT molecular complexity index is 1760. The maximum Gasteiger partial charge on any atom is 0.251 e. The van der Waals surface area contributed by atoms with Gasteiger partial charge in [0.1, 0.15) is 6.04 Å². The number of aryl methyl sites for hydroxylation is 1. The number of likely N-dealkylation sites (N-methyl/N-ethyl adjacent to an activating group) is 2. The minimum atomic E-state index is -0.786. The summed E-state index contributed by atoms with van der Waals surface area (Å²) in [4.78, 5) is 44.5. The van der Waals surface area contributed by atoms with Gasteiger partial charge in [-0.25, -0.2) is 0 Å². The first-order valence-corrected chi connectivity index (χ1v) is 17.9. The molecule has 276 valence electrons. The fourth-order valence-corrected chi connectivity index (χ4v) is 6.86. The van der Waals surface area contributed by atoms with Crippen LogP contribution in [0.5, 0.6) is 0 Å². The van der Waals surface area contributed by atoms with Crippen molar-refractivity contribution in [3.8, 4) is 22.5 Å². The first kappa shape index (κ1) is 38.3. The molecule has 0 radical (unpaired) electrons. The van der Waals surface area contributed by atoms with Crippen molar-refractivity contribution in [3.05, 3.63) is 83.4 Å². The number of tetrazole rings is 1. The Morgan fingerprint density at radius 2 is 1.52 bits per heavy atom. The third-order valence-corrected chi connectivity index (χ3v) is 9.64. The number of amides is 3. The van der Waals surface area contributed by atoms with E-state index in [1.54, 1.807) is 24.3 Å². The molecule has 1 atom stereocenters. The van der Waals surface area contributed by atoms with Gasteiger partial charge in [-0.3, -0.25) is 14.4 Å². The van der Waals surface area contributed by atoms with Crippen LogP contribution in [0.1, 0.15) is 47.2 Å². The van der Waals surface area contributed by atoms with Crippen LogP contribution in [0.3, 0.4) is 0 Å². The van der Waals surface area contributed by atoms with Gasteiger partial charge in [0.2, 0.25) is 17.6 Å². The average molecular weight is 709 g/mol. The Balaban J connectivity index is 1.28. The Labute approximate surface area is 306 Å². The minimum Gasteiger partial charge on any atom is -0.347 e. The van der Waals surface area contributed by atoms with Crippen LogP contribution in [-0.4, -0.2) is 108 Å². The van der Waals surface area contributed by atoms with E-state index < -0.39 is 6.04 Å². The van der Waals surface area contributed by atoms with E-state index in [0.29, 0.717) is 36.0 Å². The molecule has 1 fully saturated rings. The standard InChI is InChI=1S/C39H52N10O3/c1-25-20-31(38(51)42-33(23-48(2)3)24-49(4)5)16-19-34(25)28-10-6-26(7-11-28)21-35(43-37(50)30-12-8-27(22-40)9-13-30)39(52)41-32-17-14-29(15-18-32)36-44-46-47-45-36/h6-7,10-11,14-20,27,30,33,35H,8-9,12-13,21-24,40H2,1-5H3,(H,41,52)(H,42,51)(H,43,50)(H,44,45,46,47). The van der Waals surface area contributed by atoms with Crippen LogP contribution < -0.4 is 21.7 Å². The van der Waals surface area contributed by atoms with Crippen molar-refractivity contribution in [1.29, 1.82) is 0 Å². The van der Waals surface area contributed by atoms with Crippen molar-refractivity contribution in [2.75, 3.05) is 53.1 Å². The lowest BCUT2D eigenvalue weighted by Crippen LogP contribution is -2.48. The number of aromatic nitrogens is 4. The molecule has 13 nitrogen and oxygen atoms in total. The van der Waals surface area contributed by atoms with Gasteiger partial charge in [-0.05, 0) is 137 Å². The number of carbonyl (C=O) groups excluding carboxylic acids is 3. The zero-order valence-electron chi connectivity index (χ0n) is 30.9. The summed E-state index contributed by atoms with van der Waals surface area (Å²) in [5.74, 6) is 0.257. The molecule has 1 heterocycles. The number of nitrogens with zero attached hydrogens (tertiary/aromatic N) is 5. The number of nitrogens with one attached hydrogen (secondary N) is 4. The van der Waals surface area contributed by atoms with Crippen molar-refractivity contribution in [3.63, 3.8) is 0 Å². The van der Waals surface area contributed by atoms with E-state index in [1.165, 1.54) is 0 Å². The van der Waals surface area contributed by atoms with E-state index in [-0.39, 0.29) is 29.7 Å². The molecule has 0 bridgehead atoms. The van der Waals surface area contributed by atoms with Gasteiger partial charge in [-0.1, -0.05) is 30.3 Å². The molecule has 1 unspecified atom stereocenters. The quantitative estimate of drug-likeness (QED) is 0.124. The van der Waals surface area contributed by atoms with Crippen LogP contribution >= 0.6 is 0 Å². The summed E-state index contributed by atoms with van der Waals surface area (Å²) < 4.78 is 0. The van der Waals surface area contributed by atoms with E-state index >= 15 is 0 Å². The van der Waals surface area contributed by atoms with Crippen molar-refractivity contribution >= 4 is 23.4 Å². The van der Waals surface area contributed by atoms with Gasteiger partial charge in [0.15, 0.2) is 0 Å². The molecule has 1 aromatic heterocycles. The molecule has 1 aliphatic carbocycles. The van der Waals surface area contributed by atoms with Crippen LogP contribution in [0, 0.1) is 18.8 Å². The summed E-state index contributed by atoms with van der Waals surface area (Å²) in [6.07, 6.45) is 3.67. The Kier molecular flexibility index (Phi) is 13.2. The number of hydrogen-bond acceptors (Lipinski definition) is 9. The molecule has 3 aromatic carbocycles. The van der Waals surface area contributed by atoms with Gasteiger partial charge in [0.05, 0.1) is 6.04 Å². The van der Waals surface area contributed by atoms with Gasteiger partial charge in [0, 0.05) is 42.2 Å². The van der Waals surface area contributed by atoms with E-state index in [0.717, 1.165) is 66.6 Å². The number of anilines is 1. The summed E-state index contributed by atoms with van der Waals surface area (Å²) in [5.41, 5.74) is 11.7. The van der Waals surface area contributed by atoms with Crippen molar-refractivity contribution in [1.82, 2.24) is 41.1 Å². The lowest BCUT2D eigenvalue weighted by atomic mass is 9.81. The largest absolute Gasteiger partial charge is 0.347 e. The van der Waals surface area contributed by atoms with Crippen molar-refractivity contribution in [2.45, 2.75) is 51.1 Å². The molecule has 0 aliphatic heterocycles. The van der Waals surface area contributed by atoms with Crippen LogP contribution in [0.4, 0.5) is 5.69 Å². The molecule has 1 aliphatic rings. The highest BCUT2D eigenvalue weighted by molar-refractivity contribution is 5.98. The molecule has 5 rings (SSSR count). The zero-order chi connectivity index (χ0) is 37.2. The first-order valence-electron chi connectivity index (χ1n) is 17.9. The predicted molar refractivity (Wildman–Crippen MR) is 203 cm³/mol. The number of rotatable bonds is 15. The van der Waals surface area contributed by atoms with Crippen LogP contribution in [-0.2, 0) is 16.0 Å². The van der Waals surface area contributed by atoms with Crippen molar-refractivity contribution < 1.29 is 14.4 Å². The molecule has 0 spiro atoms. The summed E-state index contributed by atoms with van der Waals surface area (Å²) in [5, 5.41) is 23.3. The van der Waals surface area contributed by atoms with E-state index in [4.69, 9.17) is 5.73 Å². The van der Waals surface area contributed by atoms with Crippen molar-refractivity contribution in [2.24, 2.45) is 17.6 Å². The average Bonchev–Trinajstić information content (AvgIpc) is 3.67. The third-order valence-electron chi connectivity index (χ3n) is 9.64. The second-order valence-corrected chi connectivity index (χ2v) is 14.4. The van der Waals surface area contributed by atoms with Gasteiger partial charge < -0.3 is 31.5 Å². The van der Waals surface area contributed by atoms with Gasteiger partial charge >= 0.3 is 0 Å². The van der Waals surface area contributed by atoms with Gasteiger partial charge in [0.25, 0.3) is 5.91 Å². The number of carbonyl (C=O) groups is 3. The fraction of sp³-hybridized carbons (Fsp3) is 0.436. The highest BCUT2D eigenvalue weighted by Crippen LogP contribution is 2.29. The van der Waals surface area contributed by atoms with E-state index in [9.17, 15) is 14.4 Å². The van der Waals surface area contributed by atoms with E-state index in [1.807, 2.05) is 77.6 Å². The highest BCUT2D eigenvalue weighted by Gasteiger charge is 2.29. The minimum absolute atomic E-state index is 0.00444. The SMILES string of the molecule is Cc1cc(C(=O)NC(CN(C)C)CN(C)C)ccc1-c1ccc(CC(NC(=O)C2CCC(CN)CC2)C(=O)Nc2ccc(-c3nn[nH]n3)cc2)cc1. The molecule has 0 saturated heterocycles. The summed E-state index contributed by atoms with van der Waals surface area (Å²) in [7, 11) is 8.00. The van der Waals surface area contributed by atoms with Crippen LogP contribution in [0.15, 0.2) is 66.7 Å². The summed E-state index contributed by atoms with van der Waals surface area (Å²) >= 11 is 0. The van der Waals surface area contributed by atoms with Crippen LogP contribution in [0.25, 0.3) is 22.5 Å². The number of H-pyrrole nitrogens is 1. The number of nitrogens with two attached hydrogens (primary N) is 1. The molecular formula is C39H52N10O3. The molecule has 3 amide bonds. The second-order valence-electron chi connectivity index (χ2n) is 14.4. The fourth-order valence-electron chi connectivity index (χ4n) is 6.86. The highest BCUT2D eigenvalue weighted by atomic mass is 16.2. The molecule has 4 aromatic rings. The predicted octanol–water partition coefficient (Wildman–Crippen LogP) is 3.49. The monoisotopic (exact) mass is 708 g/mol. The molecule has 1 saturated carbocycles. The Morgan fingerprint density at radius 1 is 0.865 bits per heavy atom. The topological polar surface area (TPSA) is 174 Å². The Hall–Kier alpha value is -4.98. The molecule has 52 heavy (non-hydrogen) atoms. The Morgan fingerprint density at radius 3 is 2.10 bits per heavy atom. The summed E-state index contributed by atoms with van der Waals surface area (Å²) in [6, 6.07) is 20.1. The molecule has 6 N–H and O–H groups in total. The number of aromatic amines is 1. The number of benzene rings is 3. The first-order chi connectivity index (χ1) is 25.0. The smallest absolute Gasteiger partial charge is 0.251 e. The second kappa shape index (κ2) is 18.0. The van der Waals surface area contributed by atoms with E-state index in [2.05, 4.69) is 46.4 Å². The third kappa shape index (κ3) is 10.5. The zero-order valence-corrected chi connectivity index (χ0v) is 30.9. The molecule has 13 heteroatoms. The summed E-state index contributed by atoms with van der Waals surface area (Å²) in [6.45, 7) is 4.12. The maximum absolute atomic E-state index is 13.7. The lowest BCUT2D eigenvalue weighted by Gasteiger charge is -2.28. The van der Waals surface area contributed by atoms with Gasteiger partial charge in [-0.2, -0.15) is 5.21 Å².